The largest absolute Gasteiger partial charge is 0.481 e. The summed E-state index contributed by atoms with van der Waals surface area (Å²) in [7, 11) is -3.45. The second-order valence-corrected chi connectivity index (χ2v) is 9.48. The minimum absolute atomic E-state index is 0.237. The van der Waals surface area contributed by atoms with Crippen molar-refractivity contribution in [1.29, 1.82) is 0 Å². The van der Waals surface area contributed by atoms with Crippen molar-refractivity contribution in [2.75, 3.05) is 26.2 Å². The summed E-state index contributed by atoms with van der Waals surface area (Å²) in [5.74, 6) is -1.29. The number of piperidine rings is 1. The van der Waals surface area contributed by atoms with Crippen LogP contribution in [0.5, 0.6) is 0 Å². The van der Waals surface area contributed by atoms with E-state index < -0.39 is 27.7 Å². The van der Waals surface area contributed by atoms with Crippen molar-refractivity contribution < 1.29 is 23.1 Å². The Kier molecular flexibility index (Phi) is 4.23. The number of carbonyl (C=O) groups is 1. The van der Waals surface area contributed by atoms with Crippen molar-refractivity contribution in [3.63, 3.8) is 0 Å². The number of hydrogen-bond donors (Lipinski definition) is 1. The van der Waals surface area contributed by atoms with Crippen LogP contribution in [0.4, 0.5) is 0 Å². The number of carboxylic acid groups (broad SMARTS) is 1. The van der Waals surface area contributed by atoms with Gasteiger partial charge >= 0.3 is 5.97 Å². The van der Waals surface area contributed by atoms with Gasteiger partial charge in [0.05, 0.1) is 18.1 Å². The summed E-state index contributed by atoms with van der Waals surface area (Å²) >= 11 is 0. The fraction of sp³-hybridized carbons (Fsp3) is 0.933. The van der Waals surface area contributed by atoms with Gasteiger partial charge in [-0.05, 0) is 46.0 Å². The molecule has 1 spiro atoms. The molecule has 0 bridgehead atoms. The number of aliphatic carboxylic acids is 1. The lowest BCUT2D eigenvalue weighted by Gasteiger charge is -2.41. The smallest absolute Gasteiger partial charge is 0.308 e. The zero-order valence-electron chi connectivity index (χ0n) is 13.8. The average molecular weight is 346 g/mol. The Labute approximate surface area is 137 Å². The maximum Gasteiger partial charge on any atom is 0.308 e. The fourth-order valence-electron chi connectivity index (χ4n) is 4.13. The molecule has 0 radical (unpaired) electrons. The Bertz CT molecular complexity index is 581. The lowest BCUT2D eigenvalue weighted by molar-refractivity contribution is -0.141. The van der Waals surface area contributed by atoms with Gasteiger partial charge in [-0.1, -0.05) is 0 Å². The minimum atomic E-state index is -3.45. The molecule has 0 amide bonds. The molecule has 0 aliphatic carbocycles. The van der Waals surface area contributed by atoms with Crippen molar-refractivity contribution in [3.05, 3.63) is 0 Å². The van der Waals surface area contributed by atoms with Gasteiger partial charge in [-0.15, -0.1) is 0 Å². The molecule has 3 rings (SSSR count). The normalized spacial score (nSPS) is 31.7. The van der Waals surface area contributed by atoms with Gasteiger partial charge < -0.3 is 9.84 Å². The number of ether oxygens (including phenoxy) is 1. The molecular weight excluding hydrogens is 320 g/mol. The molecule has 1 atom stereocenters. The SMILES string of the molecule is CC1(C)CCCN1S(=O)(=O)N1CCC2(CC1)CC(C(=O)O)CO2. The van der Waals surface area contributed by atoms with Crippen LogP contribution in [0, 0.1) is 5.92 Å². The standard InChI is InChI=1S/C15H26N2O5S/c1-14(2)4-3-7-17(14)23(20,21)16-8-5-15(6-9-16)10-12(11-22-15)13(18)19/h12H,3-11H2,1-2H3,(H,18,19). The molecule has 0 aromatic carbocycles. The van der Waals surface area contributed by atoms with Gasteiger partial charge in [-0.3, -0.25) is 4.79 Å². The van der Waals surface area contributed by atoms with Gasteiger partial charge in [0.2, 0.25) is 0 Å². The highest BCUT2D eigenvalue weighted by molar-refractivity contribution is 7.86. The van der Waals surface area contributed by atoms with E-state index in [9.17, 15) is 13.2 Å². The Balaban J connectivity index is 1.66. The van der Waals surface area contributed by atoms with Gasteiger partial charge in [-0.2, -0.15) is 17.0 Å². The van der Waals surface area contributed by atoms with E-state index in [1.807, 2.05) is 13.8 Å². The molecule has 23 heavy (non-hydrogen) atoms. The molecule has 132 valence electrons. The Hall–Kier alpha value is -0.700. The molecule has 1 unspecified atom stereocenters. The van der Waals surface area contributed by atoms with Crippen molar-refractivity contribution in [3.8, 4) is 0 Å². The molecule has 0 aromatic rings. The number of rotatable bonds is 3. The number of carboxylic acids is 1. The fourth-order valence-corrected chi connectivity index (χ4v) is 6.12. The topological polar surface area (TPSA) is 87.2 Å². The zero-order valence-corrected chi connectivity index (χ0v) is 14.6. The van der Waals surface area contributed by atoms with Crippen LogP contribution in [-0.4, -0.2) is 65.5 Å². The summed E-state index contributed by atoms with van der Waals surface area (Å²) in [6, 6.07) is 0. The summed E-state index contributed by atoms with van der Waals surface area (Å²) in [4.78, 5) is 11.1. The summed E-state index contributed by atoms with van der Waals surface area (Å²) in [6.07, 6.45) is 3.42. The molecule has 0 aromatic heterocycles. The zero-order chi connectivity index (χ0) is 16.9. The quantitative estimate of drug-likeness (QED) is 0.826. The van der Waals surface area contributed by atoms with E-state index in [2.05, 4.69) is 0 Å². The van der Waals surface area contributed by atoms with Crippen LogP contribution in [-0.2, 0) is 19.7 Å². The predicted molar refractivity (Wildman–Crippen MR) is 84.2 cm³/mol. The Morgan fingerprint density at radius 1 is 1.17 bits per heavy atom. The summed E-state index contributed by atoms with van der Waals surface area (Å²) in [6.45, 7) is 5.57. The second kappa shape index (κ2) is 5.68. The average Bonchev–Trinajstić information content (AvgIpc) is 3.03. The van der Waals surface area contributed by atoms with Gasteiger partial charge in [-0.25, -0.2) is 0 Å². The summed E-state index contributed by atoms with van der Waals surface area (Å²) in [5, 5.41) is 9.12. The highest BCUT2D eigenvalue weighted by Crippen LogP contribution is 2.40. The highest BCUT2D eigenvalue weighted by Gasteiger charge is 2.49. The molecule has 3 heterocycles. The van der Waals surface area contributed by atoms with Gasteiger partial charge in [0.1, 0.15) is 0 Å². The van der Waals surface area contributed by atoms with E-state index in [1.54, 1.807) is 8.61 Å². The number of hydrogen-bond acceptors (Lipinski definition) is 4. The molecule has 8 heteroatoms. The monoisotopic (exact) mass is 346 g/mol. The van der Waals surface area contributed by atoms with E-state index >= 15 is 0 Å². The first-order valence-electron chi connectivity index (χ1n) is 8.31. The summed E-state index contributed by atoms with van der Waals surface area (Å²) in [5.41, 5.74) is -0.776. The Morgan fingerprint density at radius 2 is 1.83 bits per heavy atom. The molecule has 3 saturated heterocycles. The first kappa shape index (κ1) is 17.1. The molecular formula is C15H26N2O5S. The summed E-state index contributed by atoms with van der Waals surface area (Å²) < 4.78 is 34.7. The van der Waals surface area contributed by atoms with E-state index in [1.165, 1.54) is 0 Å². The van der Waals surface area contributed by atoms with Crippen LogP contribution >= 0.6 is 0 Å². The molecule has 3 aliphatic heterocycles. The third-order valence-corrected chi connectivity index (χ3v) is 7.87. The van der Waals surface area contributed by atoms with Gasteiger partial charge in [0.15, 0.2) is 0 Å². The van der Waals surface area contributed by atoms with Crippen molar-refractivity contribution in [2.45, 2.75) is 57.1 Å². The van der Waals surface area contributed by atoms with Crippen LogP contribution in [0.2, 0.25) is 0 Å². The predicted octanol–water partition coefficient (Wildman–Crippen LogP) is 1.06. The minimum Gasteiger partial charge on any atom is -0.481 e. The second-order valence-electron chi connectivity index (χ2n) is 7.63. The van der Waals surface area contributed by atoms with Crippen molar-refractivity contribution >= 4 is 16.2 Å². The van der Waals surface area contributed by atoms with Crippen LogP contribution in [0.15, 0.2) is 0 Å². The lowest BCUT2D eigenvalue weighted by Crippen LogP contribution is -2.54. The van der Waals surface area contributed by atoms with E-state index in [0.29, 0.717) is 38.9 Å². The van der Waals surface area contributed by atoms with Gasteiger partial charge in [0, 0.05) is 25.2 Å². The maximum absolute atomic E-state index is 12.9. The third-order valence-electron chi connectivity index (χ3n) is 5.62. The molecule has 3 fully saturated rings. The lowest BCUT2D eigenvalue weighted by atomic mass is 9.86. The van der Waals surface area contributed by atoms with Crippen molar-refractivity contribution in [1.82, 2.24) is 8.61 Å². The first-order valence-corrected chi connectivity index (χ1v) is 9.71. The molecule has 1 N–H and O–H groups in total. The van der Waals surface area contributed by atoms with Crippen LogP contribution in [0.1, 0.15) is 46.0 Å². The maximum atomic E-state index is 12.9. The molecule has 3 aliphatic rings. The van der Waals surface area contributed by atoms with Crippen molar-refractivity contribution in [2.24, 2.45) is 5.92 Å². The number of nitrogens with zero attached hydrogens (tertiary/aromatic N) is 2. The highest BCUT2D eigenvalue weighted by atomic mass is 32.2. The van der Waals surface area contributed by atoms with E-state index in [-0.39, 0.29) is 12.1 Å². The van der Waals surface area contributed by atoms with Crippen LogP contribution in [0.25, 0.3) is 0 Å². The third kappa shape index (κ3) is 3.01. The van der Waals surface area contributed by atoms with Crippen LogP contribution in [0.3, 0.4) is 0 Å². The first-order chi connectivity index (χ1) is 10.7. The van der Waals surface area contributed by atoms with E-state index in [0.717, 1.165) is 12.8 Å². The molecule has 7 nitrogen and oxygen atoms in total. The van der Waals surface area contributed by atoms with Gasteiger partial charge in [0.25, 0.3) is 10.2 Å². The Morgan fingerprint density at radius 3 is 2.30 bits per heavy atom. The van der Waals surface area contributed by atoms with Crippen LogP contribution < -0.4 is 0 Å². The van der Waals surface area contributed by atoms with E-state index in [4.69, 9.17) is 9.84 Å². The molecule has 0 saturated carbocycles.